The molecule has 0 spiro atoms. The van der Waals surface area contributed by atoms with Gasteiger partial charge in [-0.3, -0.25) is 4.52 Å². The molecule has 0 aromatic heterocycles. The predicted octanol–water partition coefficient (Wildman–Crippen LogP) is 5.45. The monoisotopic (exact) mass is 356 g/mol. The maximum Gasteiger partial charge on any atom is 0.476 e. The number of rotatable bonds is 4. The molecule has 1 aromatic rings. The summed E-state index contributed by atoms with van der Waals surface area (Å²) in [6.07, 6.45) is 0. The summed E-state index contributed by atoms with van der Waals surface area (Å²) in [5.41, 5.74) is 0. The molecule has 9 heteroatoms. The van der Waals surface area contributed by atoms with Crippen molar-refractivity contribution in [2.24, 2.45) is 0 Å². The van der Waals surface area contributed by atoms with Crippen molar-refractivity contribution in [3.05, 3.63) is 29.3 Å². The topological polar surface area (TPSA) is 35.5 Å². The fourth-order valence-corrected chi connectivity index (χ4v) is 2.60. The average Bonchev–Trinajstić information content (AvgIpc) is 2.18. The molecule has 1 atom stereocenters. The fraction of sp³-hybridized carbons (Fsp3) is 0.250. The van der Waals surface area contributed by atoms with Crippen LogP contribution in [-0.2, 0) is 9.09 Å². The zero-order valence-corrected chi connectivity index (χ0v) is 12.8. The Bertz CT molecular complexity index is 433. The molecule has 0 saturated carbocycles. The van der Waals surface area contributed by atoms with Gasteiger partial charge < -0.3 is 4.52 Å². The second-order valence-electron chi connectivity index (χ2n) is 2.84. The van der Waals surface area contributed by atoms with Crippen LogP contribution in [0.5, 0.6) is 5.75 Å². The van der Waals surface area contributed by atoms with Gasteiger partial charge in [-0.2, -0.15) is 0 Å². The molecule has 0 fully saturated rings. The number of hydrogen-bond donors (Lipinski definition) is 0. The molecule has 96 valence electrons. The molecule has 3 nitrogen and oxygen atoms in total. The van der Waals surface area contributed by atoms with Gasteiger partial charge in [0.2, 0.25) is 3.79 Å². The van der Waals surface area contributed by atoms with Gasteiger partial charge in [-0.1, -0.05) is 58.5 Å². The molecule has 0 aliphatic rings. The van der Waals surface area contributed by atoms with Crippen LogP contribution in [0.3, 0.4) is 0 Å². The molecule has 17 heavy (non-hydrogen) atoms. The standard InChI is InChI=1S/C8H6Cl5O3P/c9-6-3-1-2-4-7(6)16-17(13,14)15-5-8(10,11)12/h1-4H,5H2/t17-/m0/s1. The van der Waals surface area contributed by atoms with Crippen molar-refractivity contribution in [2.45, 2.75) is 3.79 Å². The van der Waals surface area contributed by atoms with Crippen molar-refractivity contribution in [3.63, 3.8) is 0 Å². The van der Waals surface area contributed by atoms with E-state index in [-0.39, 0.29) is 10.8 Å². The van der Waals surface area contributed by atoms with Gasteiger partial charge in [0.15, 0.2) is 0 Å². The summed E-state index contributed by atoms with van der Waals surface area (Å²) in [4.78, 5) is 0. The van der Waals surface area contributed by atoms with Gasteiger partial charge >= 0.3 is 6.95 Å². The Morgan fingerprint density at radius 3 is 2.35 bits per heavy atom. The molecule has 0 heterocycles. The van der Waals surface area contributed by atoms with Crippen molar-refractivity contribution in [2.75, 3.05) is 6.61 Å². The summed E-state index contributed by atoms with van der Waals surface area (Å²) in [5.74, 6) is 0.122. The molecule has 0 amide bonds. The maximum atomic E-state index is 11.7. The first kappa shape index (κ1) is 15.7. The summed E-state index contributed by atoms with van der Waals surface area (Å²) in [7, 11) is 0. The smallest absolute Gasteiger partial charge is 0.412 e. The number of hydrogen-bond acceptors (Lipinski definition) is 3. The molecular weight excluding hydrogens is 352 g/mol. The highest BCUT2D eigenvalue weighted by Gasteiger charge is 2.30. The Labute approximate surface area is 123 Å². The first-order valence-electron chi connectivity index (χ1n) is 4.15. The second-order valence-corrected chi connectivity index (χ2v) is 8.31. The highest BCUT2D eigenvalue weighted by atomic mass is 35.7. The van der Waals surface area contributed by atoms with Gasteiger partial charge in [-0.15, -0.1) is 0 Å². The van der Waals surface area contributed by atoms with E-state index >= 15 is 0 Å². The molecule has 0 unspecified atom stereocenters. The molecule has 0 N–H and O–H groups in total. The van der Waals surface area contributed by atoms with Crippen LogP contribution in [0.2, 0.25) is 5.02 Å². The number of para-hydroxylation sites is 1. The first-order valence-corrected chi connectivity index (χ1v) is 8.11. The Kier molecular flexibility index (Phi) is 5.74. The molecule has 0 aliphatic heterocycles. The largest absolute Gasteiger partial charge is 0.476 e. The Morgan fingerprint density at radius 1 is 1.24 bits per heavy atom. The van der Waals surface area contributed by atoms with Crippen LogP contribution >= 0.6 is 64.6 Å². The molecule has 1 rings (SSSR count). The lowest BCUT2D eigenvalue weighted by molar-refractivity contribution is 0.285. The van der Waals surface area contributed by atoms with Crippen molar-refractivity contribution in [1.29, 1.82) is 0 Å². The van der Waals surface area contributed by atoms with E-state index in [9.17, 15) is 4.57 Å². The molecule has 0 aliphatic carbocycles. The minimum Gasteiger partial charge on any atom is -0.412 e. The van der Waals surface area contributed by atoms with Gasteiger partial charge in [0.25, 0.3) is 0 Å². The average molecular weight is 358 g/mol. The van der Waals surface area contributed by atoms with Gasteiger partial charge in [-0.05, 0) is 12.1 Å². The Balaban J connectivity index is 2.67. The maximum absolute atomic E-state index is 11.7. The third kappa shape index (κ3) is 6.40. The van der Waals surface area contributed by atoms with E-state index < -0.39 is 17.3 Å². The van der Waals surface area contributed by atoms with Crippen LogP contribution < -0.4 is 4.52 Å². The lowest BCUT2D eigenvalue weighted by Crippen LogP contribution is -2.11. The molecular formula is C8H6Cl5O3P. The van der Waals surface area contributed by atoms with Crippen LogP contribution in [0.1, 0.15) is 0 Å². The summed E-state index contributed by atoms with van der Waals surface area (Å²) >= 11 is 27.6. The van der Waals surface area contributed by atoms with Gasteiger partial charge in [0.05, 0.1) is 5.02 Å². The quantitative estimate of drug-likeness (QED) is 0.530. The lowest BCUT2D eigenvalue weighted by Gasteiger charge is -2.16. The first-order chi connectivity index (χ1) is 7.70. The molecule has 1 aromatic carbocycles. The lowest BCUT2D eigenvalue weighted by atomic mass is 10.3. The summed E-state index contributed by atoms with van der Waals surface area (Å²) in [6, 6.07) is 6.34. The van der Waals surface area contributed by atoms with Crippen molar-refractivity contribution < 1.29 is 13.6 Å². The molecule has 0 saturated heterocycles. The van der Waals surface area contributed by atoms with Crippen LogP contribution in [0.4, 0.5) is 0 Å². The highest BCUT2D eigenvalue weighted by molar-refractivity contribution is 7.81. The van der Waals surface area contributed by atoms with Crippen LogP contribution in [0.25, 0.3) is 0 Å². The van der Waals surface area contributed by atoms with Crippen LogP contribution in [-0.4, -0.2) is 10.4 Å². The fourth-order valence-electron chi connectivity index (χ4n) is 0.813. The molecule has 0 bridgehead atoms. The van der Waals surface area contributed by atoms with Crippen LogP contribution in [0, 0.1) is 0 Å². The van der Waals surface area contributed by atoms with E-state index in [2.05, 4.69) is 0 Å². The summed E-state index contributed by atoms with van der Waals surface area (Å²) < 4.78 is 19.6. The number of halogens is 5. The minimum absolute atomic E-state index is 0.122. The predicted molar refractivity (Wildman–Crippen MR) is 71.8 cm³/mol. The van der Waals surface area contributed by atoms with Crippen molar-refractivity contribution in [1.82, 2.24) is 0 Å². The van der Waals surface area contributed by atoms with E-state index in [1.54, 1.807) is 18.2 Å². The van der Waals surface area contributed by atoms with Gasteiger partial charge in [0.1, 0.15) is 12.4 Å². The van der Waals surface area contributed by atoms with Crippen molar-refractivity contribution >= 4 is 64.6 Å². The SMILES string of the molecule is O=[P@@](Cl)(OCC(Cl)(Cl)Cl)Oc1ccccc1Cl. The summed E-state index contributed by atoms with van der Waals surface area (Å²) in [5, 5.41) is 0.242. The van der Waals surface area contributed by atoms with E-state index in [4.69, 9.17) is 66.7 Å². The third-order valence-corrected chi connectivity index (χ3v) is 3.42. The highest BCUT2D eigenvalue weighted by Crippen LogP contribution is 2.55. The van der Waals surface area contributed by atoms with Crippen LogP contribution in [0.15, 0.2) is 24.3 Å². The zero-order chi connectivity index (χ0) is 13.1. The number of alkyl halides is 3. The van der Waals surface area contributed by atoms with E-state index in [1.165, 1.54) is 6.07 Å². The number of benzene rings is 1. The van der Waals surface area contributed by atoms with E-state index in [1.807, 2.05) is 0 Å². The Hall–Kier alpha value is 0.660. The summed E-state index contributed by atoms with van der Waals surface area (Å²) in [6.45, 7) is -4.37. The minimum atomic E-state index is -3.90. The van der Waals surface area contributed by atoms with E-state index in [0.717, 1.165) is 0 Å². The van der Waals surface area contributed by atoms with Gasteiger partial charge in [-0.25, -0.2) is 4.57 Å². The Morgan fingerprint density at radius 2 is 1.82 bits per heavy atom. The van der Waals surface area contributed by atoms with Crippen molar-refractivity contribution in [3.8, 4) is 5.75 Å². The molecule has 0 radical (unpaired) electrons. The third-order valence-electron chi connectivity index (χ3n) is 1.43. The van der Waals surface area contributed by atoms with E-state index in [0.29, 0.717) is 0 Å². The van der Waals surface area contributed by atoms with Gasteiger partial charge in [0, 0.05) is 11.2 Å². The normalized spacial score (nSPS) is 15.4. The zero-order valence-electron chi connectivity index (χ0n) is 8.08. The second kappa shape index (κ2) is 6.21.